The van der Waals surface area contributed by atoms with Crippen molar-refractivity contribution in [3.63, 3.8) is 0 Å². The fourth-order valence-corrected chi connectivity index (χ4v) is 8.39. The Bertz CT molecular complexity index is 918. The Morgan fingerprint density at radius 2 is 0.541 bits per heavy atom. The summed E-state index contributed by atoms with van der Waals surface area (Å²) in [6, 6.07) is 0. The number of hydrogen-bond acceptors (Lipinski definition) is 6. The third-order valence-corrected chi connectivity index (χ3v) is 12.5. The highest BCUT2D eigenvalue weighted by molar-refractivity contribution is 5.71. The van der Waals surface area contributed by atoms with Crippen molar-refractivity contribution >= 4 is 17.9 Å². The maximum Gasteiger partial charge on any atom is 0.306 e. The molecule has 1 atom stereocenters. The monoisotopic (exact) mass is 863 g/mol. The summed E-state index contributed by atoms with van der Waals surface area (Å²) >= 11 is 0. The van der Waals surface area contributed by atoms with Gasteiger partial charge in [-0.3, -0.25) is 14.4 Å². The topological polar surface area (TPSA) is 78.9 Å². The summed E-state index contributed by atoms with van der Waals surface area (Å²) in [5.41, 5.74) is 0. The van der Waals surface area contributed by atoms with E-state index >= 15 is 0 Å². The SMILES string of the molecule is CCCCCCCCCCCCCCCCCCCCCC(=O)OC[C@H](COC(=O)CCCCCCCCCCC)OC(=O)CCCCCCCCCCCCCCC(C)C. The lowest BCUT2D eigenvalue weighted by Crippen LogP contribution is -2.30. The fraction of sp³-hybridized carbons (Fsp3) is 0.945. The second-order valence-electron chi connectivity index (χ2n) is 19.3. The average molecular weight is 863 g/mol. The highest BCUT2D eigenvalue weighted by Crippen LogP contribution is 2.17. The maximum atomic E-state index is 12.8. The molecular formula is C55H106O6. The molecule has 0 rings (SSSR count). The van der Waals surface area contributed by atoms with Crippen LogP contribution in [-0.4, -0.2) is 37.2 Å². The van der Waals surface area contributed by atoms with E-state index in [-0.39, 0.29) is 31.1 Å². The van der Waals surface area contributed by atoms with E-state index in [0.717, 1.165) is 63.7 Å². The summed E-state index contributed by atoms with van der Waals surface area (Å²) in [6.07, 6.45) is 52.4. The number of ether oxygens (including phenoxy) is 3. The van der Waals surface area contributed by atoms with E-state index in [9.17, 15) is 14.4 Å². The minimum absolute atomic E-state index is 0.0625. The molecule has 6 nitrogen and oxygen atoms in total. The van der Waals surface area contributed by atoms with Crippen molar-refractivity contribution in [3.8, 4) is 0 Å². The minimum atomic E-state index is -0.760. The Morgan fingerprint density at radius 1 is 0.311 bits per heavy atom. The average Bonchev–Trinajstić information content (AvgIpc) is 3.24. The Kier molecular flexibility index (Phi) is 48.1. The highest BCUT2D eigenvalue weighted by atomic mass is 16.6. The van der Waals surface area contributed by atoms with Gasteiger partial charge in [0.05, 0.1) is 0 Å². The van der Waals surface area contributed by atoms with Crippen LogP contribution in [0.3, 0.4) is 0 Å². The number of carbonyl (C=O) groups excluding carboxylic acids is 3. The lowest BCUT2D eigenvalue weighted by molar-refractivity contribution is -0.167. The third kappa shape index (κ3) is 49.3. The predicted molar refractivity (Wildman–Crippen MR) is 261 cm³/mol. The summed E-state index contributed by atoms with van der Waals surface area (Å²) in [5.74, 6) is -0.0117. The third-order valence-electron chi connectivity index (χ3n) is 12.5. The number of esters is 3. The first-order chi connectivity index (χ1) is 29.9. The normalized spacial score (nSPS) is 12.0. The van der Waals surface area contributed by atoms with Gasteiger partial charge < -0.3 is 14.2 Å². The molecule has 61 heavy (non-hydrogen) atoms. The molecule has 0 saturated heterocycles. The fourth-order valence-electron chi connectivity index (χ4n) is 8.39. The van der Waals surface area contributed by atoms with Gasteiger partial charge >= 0.3 is 17.9 Å². The first-order valence-electron chi connectivity index (χ1n) is 27.4. The van der Waals surface area contributed by atoms with Crippen molar-refractivity contribution in [1.29, 1.82) is 0 Å². The summed E-state index contributed by atoms with van der Waals surface area (Å²) < 4.78 is 16.8. The van der Waals surface area contributed by atoms with Gasteiger partial charge in [0.15, 0.2) is 6.10 Å². The Labute approximate surface area is 380 Å². The molecule has 0 heterocycles. The van der Waals surface area contributed by atoms with Gasteiger partial charge in [0.25, 0.3) is 0 Å². The van der Waals surface area contributed by atoms with E-state index < -0.39 is 6.10 Å². The first-order valence-corrected chi connectivity index (χ1v) is 27.4. The number of unbranched alkanes of at least 4 members (excludes halogenated alkanes) is 37. The molecule has 0 N–H and O–H groups in total. The zero-order valence-electron chi connectivity index (χ0n) is 41.6. The van der Waals surface area contributed by atoms with E-state index in [4.69, 9.17) is 14.2 Å². The van der Waals surface area contributed by atoms with Gasteiger partial charge in [0.2, 0.25) is 0 Å². The van der Waals surface area contributed by atoms with Gasteiger partial charge in [-0.05, 0) is 25.2 Å². The van der Waals surface area contributed by atoms with Crippen LogP contribution in [0.15, 0.2) is 0 Å². The molecule has 6 heteroatoms. The molecule has 0 aromatic rings. The van der Waals surface area contributed by atoms with Crippen LogP contribution in [0.2, 0.25) is 0 Å². The first kappa shape index (κ1) is 59.4. The van der Waals surface area contributed by atoms with Gasteiger partial charge in [-0.2, -0.15) is 0 Å². The predicted octanol–water partition coefficient (Wildman–Crippen LogP) is 17.8. The number of hydrogen-bond donors (Lipinski definition) is 0. The summed E-state index contributed by atoms with van der Waals surface area (Å²) in [7, 11) is 0. The molecule has 0 aromatic heterocycles. The second-order valence-corrected chi connectivity index (χ2v) is 19.3. The molecule has 0 saturated carbocycles. The summed E-state index contributed by atoms with van der Waals surface area (Å²) in [4.78, 5) is 37.9. The van der Waals surface area contributed by atoms with E-state index in [1.807, 2.05) is 0 Å². The molecule has 0 aliphatic heterocycles. The molecule has 0 fully saturated rings. The lowest BCUT2D eigenvalue weighted by Gasteiger charge is -2.18. The Balaban J connectivity index is 4.21. The second kappa shape index (κ2) is 49.4. The smallest absolute Gasteiger partial charge is 0.306 e. The molecule has 0 spiro atoms. The van der Waals surface area contributed by atoms with Crippen molar-refractivity contribution in [2.75, 3.05) is 13.2 Å². The molecule has 0 aliphatic rings. The van der Waals surface area contributed by atoms with Crippen molar-refractivity contribution in [2.45, 2.75) is 316 Å². The van der Waals surface area contributed by atoms with Crippen LogP contribution in [0.5, 0.6) is 0 Å². The quantitative estimate of drug-likeness (QED) is 0.0344. The number of rotatable bonds is 50. The molecule has 0 bridgehead atoms. The molecule has 0 unspecified atom stereocenters. The standard InChI is InChI=1S/C55H106O6/c1-5-7-9-11-13-15-16-17-18-19-20-21-22-23-27-31-35-39-43-47-54(57)60-50-52(49-59-53(56)46-42-38-34-29-14-12-10-8-6-2)61-55(58)48-44-40-36-32-28-25-24-26-30-33-37-41-45-51(3)4/h51-52H,5-50H2,1-4H3/t52-/m0/s1. The Morgan fingerprint density at radius 3 is 0.803 bits per heavy atom. The highest BCUT2D eigenvalue weighted by Gasteiger charge is 2.19. The Hall–Kier alpha value is -1.59. The largest absolute Gasteiger partial charge is 0.462 e. The zero-order chi connectivity index (χ0) is 44.5. The molecule has 0 aliphatic carbocycles. The van der Waals surface area contributed by atoms with Crippen LogP contribution in [0, 0.1) is 5.92 Å². The van der Waals surface area contributed by atoms with Gasteiger partial charge in [-0.25, -0.2) is 0 Å². The van der Waals surface area contributed by atoms with Gasteiger partial charge in [0, 0.05) is 19.3 Å². The van der Waals surface area contributed by atoms with Crippen molar-refractivity contribution in [2.24, 2.45) is 5.92 Å². The van der Waals surface area contributed by atoms with Crippen LogP contribution in [0.4, 0.5) is 0 Å². The number of carbonyl (C=O) groups is 3. The van der Waals surface area contributed by atoms with Gasteiger partial charge in [-0.1, -0.05) is 272 Å². The van der Waals surface area contributed by atoms with E-state index in [1.54, 1.807) is 0 Å². The zero-order valence-corrected chi connectivity index (χ0v) is 41.6. The molecule has 362 valence electrons. The van der Waals surface area contributed by atoms with Crippen LogP contribution < -0.4 is 0 Å². The minimum Gasteiger partial charge on any atom is -0.462 e. The summed E-state index contributed by atoms with van der Waals surface area (Å²) in [6.45, 7) is 9.02. The van der Waals surface area contributed by atoms with Gasteiger partial charge in [0.1, 0.15) is 13.2 Å². The molecule has 0 radical (unpaired) electrons. The van der Waals surface area contributed by atoms with Crippen LogP contribution in [-0.2, 0) is 28.6 Å². The van der Waals surface area contributed by atoms with Crippen LogP contribution in [0.1, 0.15) is 310 Å². The van der Waals surface area contributed by atoms with Crippen LogP contribution >= 0.6 is 0 Å². The summed E-state index contributed by atoms with van der Waals surface area (Å²) in [5, 5.41) is 0. The lowest BCUT2D eigenvalue weighted by atomic mass is 10.0. The van der Waals surface area contributed by atoms with E-state index in [2.05, 4.69) is 27.7 Å². The van der Waals surface area contributed by atoms with E-state index in [1.165, 1.54) is 205 Å². The molecule has 0 aromatic carbocycles. The molecular weight excluding hydrogens is 757 g/mol. The van der Waals surface area contributed by atoms with E-state index in [0.29, 0.717) is 19.3 Å². The maximum absolute atomic E-state index is 12.8. The van der Waals surface area contributed by atoms with Gasteiger partial charge in [-0.15, -0.1) is 0 Å². The van der Waals surface area contributed by atoms with Crippen molar-refractivity contribution < 1.29 is 28.6 Å². The van der Waals surface area contributed by atoms with Crippen molar-refractivity contribution in [3.05, 3.63) is 0 Å². The molecule has 0 amide bonds. The van der Waals surface area contributed by atoms with Crippen LogP contribution in [0.25, 0.3) is 0 Å². The van der Waals surface area contributed by atoms with Crippen molar-refractivity contribution in [1.82, 2.24) is 0 Å².